The van der Waals surface area contributed by atoms with Crippen LogP contribution < -0.4 is 20.5 Å². The molecule has 0 saturated carbocycles. The predicted molar refractivity (Wildman–Crippen MR) is 123 cm³/mol. The summed E-state index contributed by atoms with van der Waals surface area (Å²) in [7, 11) is 0. The average Bonchev–Trinajstić information content (AvgIpc) is 3.22. The Morgan fingerprint density at radius 2 is 2.16 bits per heavy atom. The van der Waals surface area contributed by atoms with Gasteiger partial charge in [0.1, 0.15) is 18.1 Å². The molecular formula is C25H28N4O3. The molecule has 0 fully saturated rings. The summed E-state index contributed by atoms with van der Waals surface area (Å²) < 4.78 is 11.5. The highest BCUT2D eigenvalue weighted by Crippen LogP contribution is 2.30. The number of hydrogen-bond acceptors (Lipinski definition) is 5. The van der Waals surface area contributed by atoms with Crippen molar-refractivity contribution in [2.75, 3.05) is 19.7 Å². The zero-order valence-corrected chi connectivity index (χ0v) is 18.0. The number of aromatic amines is 1. The first-order valence-electron chi connectivity index (χ1n) is 11.1. The third kappa shape index (κ3) is 5.21. The van der Waals surface area contributed by atoms with Crippen LogP contribution in [0.1, 0.15) is 36.0 Å². The zero-order chi connectivity index (χ0) is 22.3. The first-order valence-corrected chi connectivity index (χ1v) is 11.1. The molecule has 4 N–H and O–H groups in total. The molecule has 1 atom stereocenters. The van der Waals surface area contributed by atoms with Gasteiger partial charge in [-0.25, -0.2) is 0 Å². The topological polar surface area (TPSA) is 113 Å². The van der Waals surface area contributed by atoms with E-state index in [9.17, 15) is 4.79 Å². The van der Waals surface area contributed by atoms with Crippen molar-refractivity contribution in [2.45, 2.75) is 38.2 Å². The molecule has 0 radical (unpaired) electrons. The van der Waals surface area contributed by atoms with Gasteiger partial charge in [0.25, 0.3) is 5.91 Å². The fourth-order valence-corrected chi connectivity index (χ4v) is 4.04. The number of H-pyrrole nitrogens is 1. The number of aryl methyl sites for hydroxylation is 2. The maximum Gasteiger partial charge on any atom is 0.258 e. The smallest absolute Gasteiger partial charge is 0.258 e. The molecule has 0 bridgehead atoms. The van der Waals surface area contributed by atoms with Crippen molar-refractivity contribution in [1.82, 2.24) is 10.3 Å². The lowest BCUT2D eigenvalue weighted by atomic mass is 10.0. The number of nitrogens with zero attached hydrogens (tertiary/aromatic N) is 1. The molecule has 2 heterocycles. The molecule has 1 aliphatic rings. The molecule has 1 unspecified atom stereocenters. The molecule has 1 amide bonds. The van der Waals surface area contributed by atoms with Crippen LogP contribution in [0.15, 0.2) is 42.6 Å². The monoisotopic (exact) mass is 432 g/mol. The lowest BCUT2D eigenvalue weighted by Gasteiger charge is -2.24. The Labute approximate surface area is 187 Å². The van der Waals surface area contributed by atoms with Crippen LogP contribution in [0.5, 0.6) is 11.5 Å². The van der Waals surface area contributed by atoms with E-state index in [-0.39, 0.29) is 0 Å². The van der Waals surface area contributed by atoms with Gasteiger partial charge in [0.2, 0.25) is 0 Å². The van der Waals surface area contributed by atoms with Gasteiger partial charge < -0.3 is 25.5 Å². The minimum absolute atomic E-state index is 0.420. The van der Waals surface area contributed by atoms with Gasteiger partial charge in [0, 0.05) is 23.6 Å². The highest BCUT2D eigenvalue weighted by atomic mass is 16.5. The van der Waals surface area contributed by atoms with Gasteiger partial charge in [-0.2, -0.15) is 5.26 Å². The van der Waals surface area contributed by atoms with Crippen LogP contribution in [0.4, 0.5) is 0 Å². The Bertz CT molecular complexity index is 1130. The fourth-order valence-electron chi connectivity index (χ4n) is 4.04. The van der Waals surface area contributed by atoms with E-state index in [0.717, 1.165) is 61.0 Å². The van der Waals surface area contributed by atoms with Crippen molar-refractivity contribution in [3.05, 3.63) is 59.3 Å². The summed E-state index contributed by atoms with van der Waals surface area (Å²) in [5.74, 6) is 1.10. The van der Waals surface area contributed by atoms with Crippen molar-refractivity contribution in [3.63, 3.8) is 0 Å². The first-order chi connectivity index (χ1) is 15.6. The van der Waals surface area contributed by atoms with E-state index in [2.05, 4.69) is 16.4 Å². The normalized spacial score (nSPS) is 15.0. The van der Waals surface area contributed by atoms with Gasteiger partial charge in [-0.3, -0.25) is 4.79 Å². The van der Waals surface area contributed by atoms with Crippen LogP contribution >= 0.6 is 0 Å². The van der Waals surface area contributed by atoms with Crippen molar-refractivity contribution in [3.8, 4) is 17.6 Å². The summed E-state index contributed by atoms with van der Waals surface area (Å²) in [5.41, 5.74) is 9.41. The molecule has 166 valence electrons. The van der Waals surface area contributed by atoms with Crippen LogP contribution in [0.25, 0.3) is 10.9 Å². The largest absolute Gasteiger partial charge is 0.492 e. The predicted octanol–water partition coefficient (Wildman–Crippen LogP) is 3.21. The number of hydrogen-bond donors (Lipinski definition) is 3. The molecule has 3 aromatic rings. The average molecular weight is 433 g/mol. The van der Waals surface area contributed by atoms with Crippen molar-refractivity contribution >= 4 is 16.8 Å². The third-order valence-electron chi connectivity index (χ3n) is 5.79. The van der Waals surface area contributed by atoms with E-state index >= 15 is 0 Å². The number of benzene rings is 2. The van der Waals surface area contributed by atoms with Gasteiger partial charge in [-0.05, 0) is 86.2 Å². The molecule has 1 aromatic heterocycles. The Morgan fingerprint density at radius 3 is 3.00 bits per heavy atom. The van der Waals surface area contributed by atoms with Crippen molar-refractivity contribution < 1.29 is 14.3 Å². The van der Waals surface area contributed by atoms with E-state index in [1.54, 1.807) is 0 Å². The minimum Gasteiger partial charge on any atom is -0.492 e. The SMILES string of the molecule is N#Cc1ccc2[nH]cc(CCCCNCCOc3ccc4c(c3)CCC(C(N)=O)O4)c2c1. The Morgan fingerprint density at radius 1 is 1.25 bits per heavy atom. The molecule has 0 aliphatic carbocycles. The van der Waals surface area contributed by atoms with Crippen LogP contribution in [0.2, 0.25) is 0 Å². The lowest BCUT2D eigenvalue weighted by Crippen LogP contribution is -2.36. The van der Waals surface area contributed by atoms with Gasteiger partial charge in [0.15, 0.2) is 6.10 Å². The number of nitrogens with two attached hydrogens (primary N) is 1. The number of carbonyl (C=O) groups excluding carboxylic acids is 1. The number of nitrogens with one attached hydrogen (secondary N) is 2. The number of fused-ring (bicyclic) bond motifs is 2. The Kier molecular flexibility index (Phi) is 6.93. The van der Waals surface area contributed by atoms with Crippen LogP contribution in [0.3, 0.4) is 0 Å². The summed E-state index contributed by atoms with van der Waals surface area (Å²) in [4.78, 5) is 14.6. The van der Waals surface area contributed by atoms with E-state index < -0.39 is 12.0 Å². The second-order valence-electron chi connectivity index (χ2n) is 8.06. The molecule has 32 heavy (non-hydrogen) atoms. The van der Waals surface area contributed by atoms with Crippen LogP contribution in [-0.2, 0) is 17.6 Å². The van der Waals surface area contributed by atoms with Gasteiger partial charge in [-0.1, -0.05) is 0 Å². The van der Waals surface area contributed by atoms with Crippen LogP contribution in [-0.4, -0.2) is 36.7 Å². The summed E-state index contributed by atoms with van der Waals surface area (Å²) in [6.07, 6.45) is 6.00. The zero-order valence-electron chi connectivity index (χ0n) is 18.0. The number of carbonyl (C=O) groups is 1. The highest BCUT2D eigenvalue weighted by molar-refractivity contribution is 5.84. The lowest BCUT2D eigenvalue weighted by molar-refractivity contribution is -0.125. The summed E-state index contributed by atoms with van der Waals surface area (Å²) in [6.45, 7) is 2.29. The fraction of sp³-hybridized carbons (Fsp3) is 0.360. The number of rotatable bonds is 10. The minimum atomic E-state index is -0.538. The Hall–Kier alpha value is -3.50. The maximum atomic E-state index is 11.3. The van der Waals surface area contributed by atoms with E-state index in [4.69, 9.17) is 20.5 Å². The van der Waals surface area contributed by atoms with E-state index in [1.807, 2.05) is 42.6 Å². The molecule has 7 heteroatoms. The number of ether oxygens (including phenoxy) is 2. The van der Waals surface area contributed by atoms with Crippen molar-refractivity contribution in [2.24, 2.45) is 5.73 Å². The Balaban J connectivity index is 1.13. The number of primary amides is 1. The second kappa shape index (κ2) is 10.2. The molecule has 0 saturated heterocycles. The second-order valence-corrected chi connectivity index (χ2v) is 8.06. The molecular weight excluding hydrogens is 404 g/mol. The standard InChI is InChI=1S/C25H28N4O3/c26-15-17-4-7-22-21(13-17)19(16-29-22)3-1-2-10-28-11-12-31-20-6-9-23-18(14-20)5-8-24(32-23)25(27)30/h4,6-7,9,13-14,16,24,28-29H,1-3,5,8,10-12H2,(H2,27,30). The van der Waals surface area contributed by atoms with Gasteiger partial charge in [0.05, 0.1) is 11.6 Å². The number of nitriles is 1. The molecule has 4 rings (SSSR count). The molecule has 1 aliphatic heterocycles. The number of unbranched alkanes of at least 4 members (excludes halogenated alkanes) is 1. The first kappa shape index (κ1) is 21.7. The van der Waals surface area contributed by atoms with Crippen LogP contribution in [0, 0.1) is 11.3 Å². The van der Waals surface area contributed by atoms with Gasteiger partial charge in [-0.15, -0.1) is 0 Å². The quantitative estimate of drug-likeness (QED) is 0.426. The summed E-state index contributed by atoms with van der Waals surface area (Å²) in [5, 5.41) is 13.7. The number of amides is 1. The maximum absolute atomic E-state index is 11.3. The van der Waals surface area contributed by atoms with Crippen molar-refractivity contribution in [1.29, 1.82) is 5.26 Å². The van der Waals surface area contributed by atoms with E-state index in [1.165, 1.54) is 5.56 Å². The molecule has 0 spiro atoms. The summed E-state index contributed by atoms with van der Waals surface area (Å²) >= 11 is 0. The molecule has 2 aromatic carbocycles. The van der Waals surface area contributed by atoms with E-state index in [0.29, 0.717) is 24.3 Å². The van der Waals surface area contributed by atoms with Gasteiger partial charge >= 0.3 is 0 Å². The third-order valence-corrected chi connectivity index (χ3v) is 5.79. The summed E-state index contributed by atoms with van der Waals surface area (Å²) in [6, 6.07) is 13.7. The number of aromatic nitrogens is 1. The molecule has 7 nitrogen and oxygen atoms in total. The highest BCUT2D eigenvalue weighted by Gasteiger charge is 2.24.